The average Bonchev–Trinajstić information content (AvgIpc) is 2.83. The fourth-order valence-corrected chi connectivity index (χ4v) is 2.52. The predicted octanol–water partition coefficient (Wildman–Crippen LogP) is 3.26. The Kier molecular flexibility index (Phi) is 5.04. The van der Waals surface area contributed by atoms with Crippen LogP contribution in [0.3, 0.4) is 0 Å². The standard InChI is InChI=1S/C10H11N3OS2.ClH/c1-6-2-3-8(14-6)9-13-7(4-15-9)5-16-10(11)12;/h2-4H,5H2,1H3,(H3,11,12);1H. The quantitative estimate of drug-likeness (QED) is 0.672. The molecule has 0 fully saturated rings. The van der Waals surface area contributed by atoms with E-state index in [-0.39, 0.29) is 17.6 Å². The number of aryl methyl sites for hydroxylation is 1. The van der Waals surface area contributed by atoms with Crippen molar-refractivity contribution in [3.8, 4) is 10.8 Å². The highest BCUT2D eigenvalue weighted by molar-refractivity contribution is 8.13. The molecule has 17 heavy (non-hydrogen) atoms. The smallest absolute Gasteiger partial charge is 0.162 e. The minimum atomic E-state index is 0. The summed E-state index contributed by atoms with van der Waals surface area (Å²) in [6, 6.07) is 3.83. The van der Waals surface area contributed by atoms with Crippen molar-refractivity contribution in [1.82, 2.24) is 4.98 Å². The Hall–Kier alpha value is -0.980. The lowest BCUT2D eigenvalue weighted by Gasteiger charge is -1.93. The van der Waals surface area contributed by atoms with E-state index in [9.17, 15) is 0 Å². The van der Waals surface area contributed by atoms with Crippen LogP contribution in [0.15, 0.2) is 21.9 Å². The monoisotopic (exact) mass is 289 g/mol. The summed E-state index contributed by atoms with van der Waals surface area (Å²) in [6.07, 6.45) is 0. The molecule has 0 saturated heterocycles. The van der Waals surface area contributed by atoms with Crippen molar-refractivity contribution >= 4 is 40.7 Å². The van der Waals surface area contributed by atoms with Crippen LogP contribution in [0.2, 0.25) is 0 Å². The second-order valence-corrected chi connectivity index (χ2v) is 5.08. The first-order valence-corrected chi connectivity index (χ1v) is 6.49. The second kappa shape index (κ2) is 6.09. The lowest BCUT2D eigenvalue weighted by atomic mass is 10.4. The normalized spacial score (nSPS) is 9.94. The summed E-state index contributed by atoms with van der Waals surface area (Å²) >= 11 is 2.81. The van der Waals surface area contributed by atoms with Crippen molar-refractivity contribution in [2.75, 3.05) is 0 Å². The van der Waals surface area contributed by atoms with Gasteiger partial charge in [-0.1, -0.05) is 11.8 Å². The highest BCUT2D eigenvalue weighted by Gasteiger charge is 2.08. The molecule has 2 rings (SSSR count). The Morgan fingerprint density at radius 3 is 2.94 bits per heavy atom. The maximum Gasteiger partial charge on any atom is 0.162 e. The molecule has 0 aliphatic rings. The molecule has 0 radical (unpaired) electrons. The molecule has 0 saturated carbocycles. The van der Waals surface area contributed by atoms with Crippen LogP contribution in [-0.4, -0.2) is 10.2 Å². The molecule has 0 aliphatic carbocycles. The van der Waals surface area contributed by atoms with Crippen LogP contribution in [-0.2, 0) is 5.75 Å². The van der Waals surface area contributed by atoms with Crippen molar-refractivity contribution in [3.05, 3.63) is 29.0 Å². The third kappa shape index (κ3) is 3.76. The van der Waals surface area contributed by atoms with Crippen LogP contribution in [0.5, 0.6) is 0 Å². The largest absolute Gasteiger partial charge is 0.459 e. The van der Waals surface area contributed by atoms with E-state index in [2.05, 4.69) is 4.98 Å². The van der Waals surface area contributed by atoms with E-state index >= 15 is 0 Å². The number of nitrogens with zero attached hydrogens (tertiary/aromatic N) is 1. The number of amidine groups is 1. The summed E-state index contributed by atoms with van der Waals surface area (Å²) in [5.41, 5.74) is 6.19. The van der Waals surface area contributed by atoms with Gasteiger partial charge in [0.25, 0.3) is 0 Å². The lowest BCUT2D eigenvalue weighted by molar-refractivity contribution is 0.548. The van der Waals surface area contributed by atoms with E-state index in [1.54, 1.807) is 0 Å². The maximum absolute atomic E-state index is 7.12. The summed E-state index contributed by atoms with van der Waals surface area (Å²) in [6.45, 7) is 1.91. The van der Waals surface area contributed by atoms with E-state index in [4.69, 9.17) is 15.6 Å². The van der Waals surface area contributed by atoms with Gasteiger partial charge >= 0.3 is 0 Å². The maximum atomic E-state index is 7.12. The average molecular weight is 290 g/mol. The number of thiazole rings is 1. The predicted molar refractivity (Wildman–Crippen MR) is 75.0 cm³/mol. The first-order chi connectivity index (χ1) is 7.65. The van der Waals surface area contributed by atoms with Gasteiger partial charge in [0, 0.05) is 11.1 Å². The van der Waals surface area contributed by atoms with Crippen molar-refractivity contribution < 1.29 is 4.42 Å². The van der Waals surface area contributed by atoms with Crippen molar-refractivity contribution in [1.29, 1.82) is 5.41 Å². The van der Waals surface area contributed by atoms with Gasteiger partial charge in [0.1, 0.15) is 5.76 Å². The summed E-state index contributed by atoms with van der Waals surface area (Å²) in [5.74, 6) is 2.30. The molecule has 2 aromatic heterocycles. The summed E-state index contributed by atoms with van der Waals surface area (Å²) in [5, 5.41) is 10.1. The second-order valence-electron chi connectivity index (χ2n) is 3.21. The SMILES string of the molecule is Cc1ccc(-c2nc(CSC(=N)N)cs2)o1.Cl. The number of furan rings is 1. The van der Waals surface area contributed by atoms with Crippen LogP contribution >= 0.6 is 35.5 Å². The van der Waals surface area contributed by atoms with Gasteiger partial charge in [-0.2, -0.15) is 0 Å². The molecular weight excluding hydrogens is 278 g/mol. The number of hydrogen-bond donors (Lipinski definition) is 2. The Morgan fingerprint density at radius 2 is 2.35 bits per heavy atom. The fraction of sp³-hybridized carbons (Fsp3) is 0.200. The summed E-state index contributed by atoms with van der Waals surface area (Å²) < 4.78 is 5.48. The van der Waals surface area contributed by atoms with E-state index in [1.807, 2.05) is 24.4 Å². The van der Waals surface area contributed by atoms with Crippen molar-refractivity contribution in [2.45, 2.75) is 12.7 Å². The fourth-order valence-electron chi connectivity index (χ4n) is 1.19. The van der Waals surface area contributed by atoms with E-state index in [0.717, 1.165) is 22.2 Å². The molecule has 92 valence electrons. The number of thioether (sulfide) groups is 1. The molecule has 0 aliphatic heterocycles. The Labute approximate surface area is 114 Å². The molecular formula is C10H12ClN3OS2. The highest BCUT2D eigenvalue weighted by Crippen LogP contribution is 2.26. The summed E-state index contributed by atoms with van der Waals surface area (Å²) in [4.78, 5) is 4.42. The Bertz CT molecular complexity index is 509. The lowest BCUT2D eigenvalue weighted by Crippen LogP contribution is -2.03. The zero-order chi connectivity index (χ0) is 11.5. The zero-order valence-electron chi connectivity index (χ0n) is 9.10. The molecule has 0 spiro atoms. The van der Waals surface area contributed by atoms with E-state index < -0.39 is 0 Å². The first-order valence-electron chi connectivity index (χ1n) is 4.63. The van der Waals surface area contributed by atoms with Gasteiger partial charge in [0.05, 0.1) is 5.69 Å². The molecule has 0 bridgehead atoms. The molecule has 2 heterocycles. The van der Waals surface area contributed by atoms with Gasteiger partial charge < -0.3 is 10.2 Å². The van der Waals surface area contributed by atoms with Crippen LogP contribution in [0.25, 0.3) is 10.8 Å². The topological polar surface area (TPSA) is 75.9 Å². The minimum absolute atomic E-state index is 0. The zero-order valence-corrected chi connectivity index (χ0v) is 11.5. The number of aromatic nitrogens is 1. The number of nitrogens with two attached hydrogens (primary N) is 1. The third-order valence-electron chi connectivity index (χ3n) is 1.88. The molecule has 0 atom stereocenters. The molecule has 4 nitrogen and oxygen atoms in total. The number of rotatable bonds is 3. The molecule has 2 aromatic rings. The van der Waals surface area contributed by atoms with Gasteiger partial charge in [-0.3, -0.25) is 5.41 Å². The molecule has 0 amide bonds. The van der Waals surface area contributed by atoms with Crippen LogP contribution in [0, 0.1) is 12.3 Å². The molecule has 0 aromatic carbocycles. The van der Waals surface area contributed by atoms with Gasteiger partial charge in [-0.15, -0.1) is 23.7 Å². The highest BCUT2D eigenvalue weighted by atomic mass is 35.5. The van der Waals surface area contributed by atoms with Gasteiger partial charge in [-0.05, 0) is 19.1 Å². The third-order valence-corrected chi connectivity index (χ3v) is 3.54. The van der Waals surface area contributed by atoms with E-state index in [1.165, 1.54) is 23.1 Å². The Morgan fingerprint density at radius 1 is 1.59 bits per heavy atom. The number of nitrogens with one attached hydrogen (secondary N) is 1. The Balaban J connectivity index is 0.00000144. The van der Waals surface area contributed by atoms with Crippen LogP contribution in [0.1, 0.15) is 11.5 Å². The van der Waals surface area contributed by atoms with Gasteiger partial charge in [0.15, 0.2) is 15.9 Å². The van der Waals surface area contributed by atoms with Gasteiger partial charge in [0.2, 0.25) is 0 Å². The van der Waals surface area contributed by atoms with E-state index in [0.29, 0.717) is 5.75 Å². The van der Waals surface area contributed by atoms with Crippen molar-refractivity contribution in [3.63, 3.8) is 0 Å². The molecule has 3 N–H and O–H groups in total. The van der Waals surface area contributed by atoms with Crippen LogP contribution < -0.4 is 5.73 Å². The summed E-state index contributed by atoms with van der Waals surface area (Å²) in [7, 11) is 0. The molecule has 7 heteroatoms. The number of halogens is 1. The van der Waals surface area contributed by atoms with Gasteiger partial charge in [-0.25, -0.2) is 4.98 Å². The van der Waals surface area contributed by atoms with Crippen LogP contribution in [0.4, 0.5) is 0 Å². The first kappa shape index (κ1) is 14.1. The minimum Gasteiger partial charge on any atom is -0.459 e. The number of hydrogen-bond acceptors (Lipinski definition) is 5. The van der Waals surface area contributed by atoms with Crippen molar-refractivity contribution in [2.24, 2.45) is 5.73 Å². The molecule has 0 unspecified atom stereocenters.